The average molecular weight is 537 g/mol. The molecule has 2 heterocycles. The van der Waals surface area contributed by atoms with Crippen molar-refractivity contribution in [3.63, 3.8) is 0 Å². The van der Waals surface area contributed by atoms with Gasteiger partial charge in [0.25, 0.3) is 0 Å². The Labute approximate surface area is 201 Å². The van der Waals surface area contributed by atoms with Crippen molar-refractivity contribution < 1.29 is 4.79 Å². The highest BCUT2D eigenvalue weighted by atomic mass is 127. The maximum absolute atomic E-state index is 12.6. The van der Waals surface area contributed by atoms with Crippen LogP contribution in [0.15, 0.2) is 47.7 Å². The predicted molar refractivity (Wildman–Crippen MR) is 135 cm³/mol. The Kier molecular flexibility index (Phi) is 9.96. The number of nitrogens with one attached hydrogen (secondary N) is 1. The topological polar surface area (TPSA) is 77.0 Å². The van der Waals surface area contributed by atoms with Crippen LogP contribution in [0.25, 0.3) is 0 Å². The Balaban J connectivity index is 0.00000341. The zero-order valence-electron chi connectivity index (χ0n) is 18.5. The standard InChI is InChI=1S/C22H31N7O.HI/c1-18-7-4-5-8-19(18)17-27(3)21(23-2)26-12-9-20(30)28-13-15-29(16-14-28)22-24-10-6-11-25-22;/h4-8,10-11H,9,12-17H2,1-3H3,(H,23,26);1H. The molecular weight excluding hydrogens is 505 g/mol. The number of carbonyl (C=O) groups excluding carboxylic acids is 1. The Hall–Kier alpha value is -2.43. The van der Waals surface area contributed by atoms with E-state index in [1.54, 1.807) is 19.4 Å². The van der Waals surface area contributed by atoms with Crippen molar-refractivity contribution in [1.29, 1.82) is 0 Å². The van der Waals surface area contributed by atoms with Crippen LogP contribution < -0.4 is 10.2 Å². The summed E-state index contributed by atoms with van der Waals surface area (Å²) in [4.78, 5) is 31.6. The van der Waals surface area contributed by atoms with Crippen molar-refractivity contribution in [2.75, 3.05) is 51.7 Å². The first-order valence-corrected chi connectivity index (χ1v) is 10.3. The summed E-state index contributed by atoms with van der Waals surface area (Å²) in [5, 5.41) is 3.31. The van der Waals surface area contributed by atoms with E-state index in [9.17, 15) is 4.79 Å². The van der Waals surface area contributed by atoms with Gasteiger partial charge in [0, 0.05) is 72.2 Å². The fourth-order valence-corrected chi connectivity index (χ4v) is 3.55. The molecule has 0 aliphatic carbocycles. The summed E-state index contributed by atoms with van der Waals surface area (Å²) in [7, 11) is 3.78. The molecule has 168 valence electrons. The summed E-state index contributed by atoms with van der Waals surface area (Å²) in [5.41, 5.74) is 2.52. The second-order valence-corrected chi connectivity index (χ2v) is 7.42. The predicted octanol–water partition coefficient (Wildman–Crippen LogP) is 2.15. The largest absolute Gasteiger partial charge is 0.356 e. The van der Waals surface area contributed by atoms with Crippen LogP contribution in [-0.4, -0.2) is 78.5 Å². The third-order valence-corrected chi connectivity index (χ3v) is 5.33. The molecule has 1 saturated heterocycles. The van der Waals surface area contributed by atoms with Gasteiger partial charge in [-0.05, 0) is 24.1 Å². The minimum atomic E-state index is 0. The monoisotopic (exact) mass is 537 g/mol. The number of benzene rings is 1. The van der Waals surface area contributed by atoms with Crippen molar-refractivity contribution >= 4 is 41.8 Å². The van der Waals surface area contributed by atoms with Crippen LogP contribution in [0.5, 0.6) is 0 Å². The van der Waals surface area contributed by atoms with Gasteiger partial charge in [-0.2, -0.15) is 0 Å². The number of guanidine groups is 1. The number of amides is 1. The quantitative estimate of drug-likeness (QED) is 0.346. The van der Waals surface area contributed by atoms with Gasteiger partial charge in [-0.15, -0.1) is 24.0 Å². The molecule has 1 aromatic carbocycles. The number of piperazine rings is 1. The summed E-state index contributed by atoms with van der Waals surface area (Å²) in [6.45, 7) is 6.34. The molecule has 31 heavy (non-hydrogen) atoms. The number of rotatable bonds is 6. The van der Waals surface area contributed by atoms with E-state index in [-0.39, 0.29) is 29.9 Å². The highest BCUT2D eigenvalue weighted by molar-refractivity contribution is 14.0. The van der Waals surface area contributed by atoms with Crippen molar-refractivity contribution in [3.05, 3.63) is 53.9 Å². The molecule has 1 N–H and O–H groups in total. The normalized spacial score (nSPS) is 14.1. The van der Waals surface area contributed by atoms with Crippen LogP contribution in [0, 0.1) is 6.92 Å². The number of hydrogen-bond acceptors (Lipinski definition) is 5. The lowest BCUT2D eigenvalue weighted by Crippen LogP contribution is -2.50. The van der Waals surface area contributed by atoms with E-state index in [1.807, 2.05) is 24.1 Å². The summed E-state index contributed by atoms with van der Waals surface area (Å²) in [6.07, 6.45) is 3.93. The van der Waals surface area contributed by atoms with E-state index in [4.69, 9.17) is 0 Å². The van der Waals surface area contributed by atoms with Gasteiger partial charge in [-0.3, -0.25) is 9.79 Å². The zero-order valence-corrected chi connectivity index (χ0v) is 20.8. The van der Waals surface area contributed by atoms with Crippen LogP contribution in [-0.2, 0) is 11.3 Å². The molecule has 8 nitrogen and oxygen atoms in total. The molecule has 1 aliphatic heterocycles. The lowest BCUT2D eigenvalue weighted by Gasteiger charge is -2.34. The number of halogens is 1. The lowest BCUT2D eigenvalue weighted by molar-refractivity contribution is -0.131. The first kappa shape index (κ1) is 24.8. The van der Waals surface area contributed by atoms with Crippen LogP contribution >= 0.6 is 24.0 Å². The highest BCUT2D eigenvalue weighted by Crippen LogP contribution is 2.11. The van der Waals surface area contributed by atoms with E-state index in [1.165, 1.54) is 11.1 Å². The fourth-order valence-electron chi connectivity index (χ4n) is 3.55. The molecule has 0 bridgehead atoms. The molecule has 1 aliphatic rings. The Morgan fingerprint density at radius 1 is 1.13 bits per heavy atom. The van der Waals surface area contributed by atoms with E-state index in [0.29, 0.717) is 26.1 Å². The summed E-state index contributed by atoms with van der Waals surface area (Å²) < 4.78 is 0. The molecule has 0 spiro atoms. The first-order chi connectivity index (χ1) is 14.6. The Morgan fingerprint density at radius 2 is 1.81 bits per heavy atom. The molecule has 0 saturated carbocycles. The van der Waals surface area contributed by atoms with Crippen LogP contribution in [0.1, 0.15) is 17.5 Å². The van der Waals surface area contributed by atoms with Crippen molar-refractivity contribution in [2.45, 2.75) is 19.9 Å². The van der Waals surface area contributed by atoms with Gasteiger partial charge in [0.1, 0.15) is 0 Å². The molecule has 1 amide bonds. The number of nitrogens with zero attached hydrogens (tertiary/aromatic N) is 6. The number of carbonyl (C=O) groups is 1. The molecule has 0 unspecified atom stereocenters. The van der Waals surface area contributed by atoms with Crippen LogP contribution in [0.3, 0.4) is 0 Å². The summed E-state index contributed by atoms with van der Waals surface area (Å²) >= 11 is 0. The number of hydrogen-bond donors (Lipinski definition) is 1. The lowest BCUT2D eigenvalue weighted by atomic mass is 10.1. The minimum Gasteiger partial charge on any atom is -0.356 e. The van der Waals surface area contributed by atoms with E-state index in [2.05, 4.69) is 55.2 Å². The smallest absolute Gasteiger partial charge is 0.225 e. The number of anilines is 1. The average Bonchev–Trinajstić information content (AvgIpc) is 2.79. The number of aromatic nitrogens is 2. The van der Waals surface area contributed by atoms with Crippen molar-refractivity contribution in [2.24, 2.45) is 4.99 Å². The van der Waals surface area contributed by atoms with Gasteiger partial charge in [-0.1, -0.05) is 24.3 Å². The van der Waals surface area contributed by atoms with Gasteiger partial charge >= 0.3 is 0 Å². The van der Waals surface area contributed by atoms with Crippen molar-refractivity contribution in [1.82, 2.24) is 25.1 Å². The molecule has 0 radical (unpaired) electrons. The van der Waals surface area contributed by atoms with Gasteiger partial charge in [0.2, 0.25) is 11.9 Å². The maximum Gasteiger partial charge on any atom is 0.225 e. The van der Waals surface area contributed by atoms with Crippen LogP contribution in [0.2, 0.25) is 0 Å². The molecule has 1 aromatic heterocycles. The molecule has 2 aromatic rings. The first-order valence-electron chi connectivity index (χ1n) is 10.3. The minimum absolute atomic E-state index is 0. The van der Waals surface area contributed by atoms with Gasteiger partial charge in [0.05, 0.1) is 0 Å². The number of aryl methyl sites for hydroxylation is 1. The summed E-state index contributed by atoms with van der Waals surface area (Å²) in [6, 6.07) is 10.1. The summed E-state index contributed by atoms with van der Waals surface area (Å²) in [5.74, 6) is 1.68. The van der Waals surface area contributed by atoms with Crippen molar-refractivity contribution in [3.8, 4) is 0 Å². The highest BCUT2D eigenvalue weighted by Gasteiger charge is 2.22. The van der Waals surface area contributed by atoms with Gasteiger partial charge in [-0.25, -0.2) is 9.97 Å². The SMILES string of the molecule is CN=C(NCCC(=O)N1CCN(c2ncccn2)CC1)N(C)Cc1ccccc1C.I. The van der Waals surface area contributed by atoms with Gasteiger partial charge < -0.3 is 20.0 Å². The van der Waals surface area contributed by atoms with Crippen LogP contribution in [0.4, 0.5) is 5.95 Å². The van der Waals surface area contributed by atoms with E-state index in [0.717, 1.165) is 31.5 Å². The zero-order chi connectivity index (χ0) is 21.3. The molecular formula is C22H32IN7O. The third kappa shape index (κ3) is 7.05. The maximum atomic E-state index is 12.6. The third-order valence-electron chi connectivity index (χ3n) is 5.33. The van der Waals surface area contributed by atoms with E-state index >= 15 is 0 Å². The molecule has 0 atom stereocenters. The fraction of sp³-hybridized carbons (Fsp3) is 0.455. The molecule has 3 rings (SSSR count). The number of aliphatic imine (C=N–C) groups is 1. The molecule has 1 fully saturated rings. The molecule has 9 heteroatoms. The Bertz CT molecular complexity index is 854. The second-order valence-electron chi connectivity index (χ2n) is 7.42. The Morgan fingerprint density at radius 3 is 2.45 bits per heavy atom. The van der Waals surface area contributed by atoms with Gasteiger partial charge in [0.15, 0.2) is 5.96 Å². The second kappa shape index (κ2) is 12.4. The van der Waals surface area contributed by atoms with E-state index < -0.39 is 0 Å².